The molecule has 1 aromatic rings. The third-order valence-electron chi connectivity index (χ3n) is 2.18. The Balaban J connectivity index is 0.00000112. The monoisotopic (exact) mass is 249 g/mol. The van der Waals surface area contributed by atoms with Crippen LogP contribution in [0.5, 0.6) is 6.01 Å². The van der Waals surface area contributed by atoms with Crippen molar-refractivity contribution in [1.29, 1.82) is 0 Å². The van der Waals surface area contributed by atoms with E-state index in [2.05, 4.69) is 15.3 Å². The normalized spacial score (nSPS) is 19.7. The first kappa shape index (κ1) is 12.5. The molecule has 0 saturated carbocycles. The smallest absolute Gasteiger partial charge is 0.317 e. The highest BCUT2D eigenvalue weighted by Crippen LogP contribution is 2.10. The molecule has 1 atom stereocenters. The molecule has 2 rings (SSSR count). The number of halogens is 2. The van der Waals surface area contributed by atoms with E-state index < -0.39 is 0 Å². The van der Waals surface area contributed by atoms with Gasteiger partial charge in [0.1, 0.15) is 11.8 Å². The van der Waals surface area contributed by atoms with Crippen LogP contribution >= 0.6 is 24.0 Å². The Morgan fingerprint density at radius 1 is 1.60 bits per heavy atom. The van der Waals surface area contributed by atoms with E-state index in [1.165, 1.54) is 6.42 Å². The Bertz CT molecular complexity index is 305. The largest absolute Gasteiger partial charge is 0.462 e. The van der Waals surface area contributed by atoms with E-state index >= 15 is 0 Å². The van der Waals surface area contributed by atoms with Gasteiger partial charge in [0, 0.05) is 12.2 Å². The fraction of sp³-hybridized carbons (Fsp3) is 0.556. The fourth-order valence-corrected chi connectivity index (χ4v) is 1.59. The van der Waals surface area contributed by atoms with E-state index in [-0.39, 0.29) is 12.4 Å². The third kappa shape index (κ3) is 3.81. The fourth-order valence-electron chi connectivity index (χ4n) is 1.46. The number of nitrogens with one attached hydrogen (secondary N) is 1. The number of hydrogen-bond donors (Lipinski definition) is 1. The van der Waals surface area contributed by atoms with Gasteiger partial charge in [-0.1, -0.05) is 11.6 Å². The summed E-state index contributed by atoms with van der Waals surface area (Å²) in [4.78, 5) is 7.89. The van der Waals surface area contributed by atoms with Gasteiger partial charge >= 0.3 is 6.01 Å². The topological polar surface area (TPSA) is 47.0 Å². The molecule has 1 fully saturated rings. The predicted molar refractivity (Wildman–Crippen MR) is 60.8 cm³/mol. The summed E-state index contributed by atoms with van der Waals surface area (Å²) in [6, 6.07) is 2.41. The highest BCUT2D eigenvalue weighted by Gasteiger charge is 2.14. The molecular weight excluding hydrogens is 237 g/mol. The molecule has 1 aliphatic rings. The van der Waals surface area contributed by atoms with Crippen molar-refractivity contribution in [3.05, 3.63) is 17.4 Å². The second kappa shape index (κ2) is 6.10. The van der Waals surface area contributed by atoms with Gasteiger partial charge in [-0.25, -0.2) is 4.98 Å². The van der Waals surface area contributed by atoms with Gasteiger partial charge in [-0.15, -0.1) is 12.4 Å². The zero-order valence-electron chi connectivity index (χ0n) is 8.15. The Kier molecular flexibility index (Phi) is 5.08. The van der Waals surface area contributed by atoms with Crippen molar-refractivity contribution in [3.8, 4) is 6.01 Å². The first-order valence-electron chi connectivity index (χ1n) is 4.69. The van der Waals surface area contributed by atoms with Crippen molar-refractivity contribution < 1.29 is 4.74 Å². The van der Waals surface area contributed by atoms with Gasteiger partial charge in [-0.2, -0.15) is 4.98 Å². The summed E-state index contributed by atoms with van der Waals surface area (Å²) in [5, 5.41) is 3.74. The molecule has 0 aliphatic carbocycles. The highest BCUT2D eigenvalue weighted by atomic mass is 35.5. The molecule has 1 saturated heterocycles. The van der Waals surface area contributed by atoms with Gasteiger partial charge in [0.05, 0.1) is 0 Å². The average Bonchev–Trinajstić information content (AvgIpc) is 2.67. The maximum atomic E-state index is 5.69. The first-order chi connectivity index (χ1) is 6.84. The van der Waals surface area contributed by atoms with E-state index in [1.807, 2.05) is 0 Å². The zero-order chi connectivity index (χ0) is 9.80. The summed E-state index contributed by atoms with van der Waals surface area (Å²) in [6.45, 7) is 1.69. The van der Waals surface area contributed by atoms with Gasteiger partial charge in [0.25, 0.3) is 0 Å². The highest BCUT2D eigenvalue weighted by molar-refractivity contribution is 6.29. The molecular formula is C9H13Cl2N3O. The van der Waals surface area contributed by atoms with Crippen LogP contribution in [-0.2, 0) is 0 Å². The molecule has 0 aromatic carbocycles. The lowest BCUT2D eigenvalue weighted by Gasteiger charge is -2.10. The van der Waals surface area contributed by atoms with E-state index in [4.69, 9.17) is 16.3 Å². The van der Waals surface area contributed by atoms with E-state index in [1.54, 1.807) is 12.3 Å². The van der Waals surface area contributed by atoms with Gasteiger partial charge < -0.3 is 10.1 Å². The molecule has 0 radical (unpaired) electrons. The predicted octanol–water partition coefficient (Wildman–Crippen LogP) is 1.68. The van der Waals surface area contributed by atoms with E-state index in [0.29, 0.717) is 23.8 Å². The number of aromatic nitrogens is 2. The molecule has 0 amide bonds. The minimum absolute atomic E-state index is 0. The molecule has 2 heterocycles. The van der Waals surface area contributed by atoms with E-state index in [0.717, 1.165) is 13.0 Å². The van der Waals surface area contributed by atoms with Crippen molar-refractivity contribution in [2.45, 2.75) is 18.9 Å². The molecule has 84 valence electrons. The van der Waals surface area contributed by atoms with Gasteiger partial charge in [-0.05, 0) is 25.5 Å². The Morgan fingerprint density at radius 2 is 2.47 bits per heavy atom. The molecule has 1 N–H and O–H groups in total. The molecule has 1 aliphatic heterocycles. The van der Waals surface area contributed by atoms with Gasteiger partial charge in [-0.3, -0.25) is 0 Å². The minimum Gasteiger partial charge on any atom is -0.462 e. The summed E-state index contributed by atoms with van der Waals surface area (Å²) in [7, 11) is 0. The molecule has 0 bridgehead atoms. The molecule has 15 heavy (non-hydrogen) atoms. The Morgan fingerprint density at radius 3 is 3.13 bits per heavy atom. The van der Waals surface area contributed by atoms with Crippen LogP contribution in [0.1, 0.15) is 12.8 Å². The van der Waals surface area contributed by atoms with Crippen molar-refractivity contribution in [2.75, 3.05) is 13.2 Å². The second-order valence-electron chi connectivity index (χ2n) is 3.27. The number of hydrogen-bond acceptors (Lipinski definition) is 4. The Hall–Kier alpha value is -0.580. The SMILES string of the molecule is Cl.Clc1ccnc(OCC2CCCN2)n1. The summed E-state index contributed by atoms with van der Waals surface area (Å²) < 4.78 is 5.40. The average molecular weight is 250 g/mol. The standard InChI is InChI=1S/C9H12ClN3O.ClH/c10-8-3-5-12-9(13-8)14-6-7-2-1-4-11-7;/h3,5,7,11H,1-2,4,6H2;1H. The van der Waals surface area contributed by atoms with Crippen molar-refractivity contribution in [3.63, 3.8) is 0 Å². The van der Waals surface area contributed by atoms with Crippen LogP contribution in [0.15, 0.2) is 12.3 Å². The number of ether oxygens (including phenoxy) is 1. The van der Waals surface area contributed by atoms with Crippen LogP contribution < -0.4 is 10.1 Å². The van der Waals surface area contributed by atoms with Gasteiger partial charge in [0.15, 0.2) is 0 Å². The third-order valence-corrected chi connectivity index (χ3v) is 2.39. The van der Waals surface area contributed by atoms with Crippen LogP contribution in [0.3, 0.4) is 0 Å². The maximum absolute atomic E-state index is 5.69. The maximum Gasteiger partial charge on any atom is 0.317 e. The molecule has 6 heteroatoms. The van der Waals surface area contributed by atoms with Crippen molar-refractivity contribution in [1.82, 2.24) is 15.3 Å². The van der Waals surface area contributed by atoms with E-state index in [9.17, 15) is 0 Å². The summed E-state index contributed by atoms with van der Waals surface area (Å²) in [5.74, 6) is 0. The molecule has 4 nitrogen and oxygen atoms in total. The quantitative estimate of drug-likeness (QED) is 0.829. The molecule has 1 unspecified atom stereocenters. The van der Waals surface area contributed by atoms with Gasteiger partial charge in [0.2, 0.25) is 0 Å². The number of nitrogens with zero attached hydrogens (tertiary/aromatic N) is 2. The van der Waals surface area contributed by atoms with Crippen molar-refractivity contribution in [2.24, 2.45) is 0 Å². The molecule has 1 aromatic heterocycles. The summed E-state index contributed by atoms with van der Waals surface area (Å²) in [5.41, 5.74) is 0. The van der Waals surface area contributed by atoms with Crippen LogP contribution in [0.2, 0.25) is 5.15 Å². The van der Waals surface area contributed by atoms with Crippen LogP contribution in [-0.4, -0.2) is 29.2 Å². The lowest BCUT2D eigenvalue weighted by atomic mass is 10.2. The van der Waals surface area contributed by atoms with Crippen LogP contribution in [0.4, 0.5) is 0 Å². The number of rotatable bonds is 3. The second-order valence-corrected chi connectivity index (χ2v) is 3.65. The van der Waals surface area contributed by atoms with Crippen LogP contribution in [0.25, 0.3) is 0 Å². The minimum atomic E-state index is 0. The molecule has 0 spiro atoms. The van der Waals surface area contributed by atoms with Crippen LogP contribution in [0, 0.1) is 0 Å². The summed E-state index contributed by atoms with van der Waals surface area (Å²) in [6.07, 6.45) is 3.96. The lowest BCUT2D eigenvalue weighted by molar-refractivity contribution is 0.257. The van der Waals surface area contributed by atoms with Crippen molar-refractivity contribution >= 4 is 24.0 Å². The summed E-state index contributed by atoms with van der Waals surface area (Å²) >= 11 is 5.69. The Labute approximate surface area is 99.8 Å². The first-order valence-corrected chi connectivity index (χ1v) is 5.07. The lowest BCUT2D eigenvalue weighted by Crippen LogP contribution is -2.28. The zero-order valence-corrected chi connectivity index (χ0v) is 9.72.